The van der Waals surface area contributed by atoms with Gasteiger partial charge in [-0.05, 0) is 44.2 Å². The van der Waals surface area contributed by atoms with Gasteiger partial charge in [-0.15, -0.1) is 0 Å². The minimum Gasteiger partial charge on any atom is -0.397 e. The summed E-state index contributed by atoms with van der Waals surface area (Å²) in [5.74, 6) is 0. The zero-order chi connectivity index (χ0) is 13.7. The van der Waals surface area contributed by atoms with E-state index in [-0.39, 0.29) is 0 Å². The van der Waals surface area contributed by atoms with Gasteiger partial charge in [-0.2, -0.15) is 0 Å². The molecule has 0 amide bonds. The van der Waals surface area contributed by atoms with Crippen molar-refractivity contribution in [1.29, 1.82) is 0 Å². The molecule has 1 aromatic heterocycles. The molecule has 2 rings (SSSR count). The summed E-state index contributed by atoms with van der Waals surface area (Å²) in [6.07, 6.45) is 3.39. The Labute approximate surface area is 114 Å². The van der Waals surface area contributed by atoms with Gasteiger partial charge in [0.15, 0.2) is 0 Å². The van der Waals surface area contributed by atoms with Crippen molar-refractivity contribution in [2.45, 2.75) is 13.8 Å². The smallest absolute Gasteiger partial charge is 0.0591 e. The highest BCUT2D eigenvalue weighted by Gasteiger charge is 2.01. The number of nitrogens with one attached hydrogen (secondary N) is 1. The predicted octanol–water partition coefficient (Wildman–Crippen LogP) is 3.25. The van der Waals surface area contributed by atoms with Crippen LogP contribution in [0.3, 0.4) is 0 Å². The van der Waals surface area contributed by atoms with Gasteiger partial charge >= 0.3 is 0 Å². The molecule has 0 aliphatic carbocycles. The van der Waals surface area contributed by atoms with Crippen molar-refractivity contribution in [3.8, 4) is 0 Å². The second-order valence-electron chi connectivity index (χ2n) is 4.35. The first-order chi connectivity index (χ1) is 9.22. The molecule has 2 aromatic rings. The van der Waals surface area contributed by atoms with Crippen LogP contribution in [-0.4, -0.2) is 18.1 Å². The third kappa shape index (κ3) is 3.37. The second kappa shape index (κ2) is 6.09. The van der Waals surface area contributed by atoms with Crippen molar-refractivity contribution < 1.29 is 0 Å². The summed E-state index contributed by atoms with van der Waals surface area (Å²) in [4.78, 5) is 6.37. The standard InChI is InChI=1S/C15H20N4/c1-3-19(4-2)15-7-5-13(6-8-15)18-14-9-12(16)10-17-11-14/h5-11,18H,3-4,16H2,1-2H3. The van der Waals surface area contributed by atoms with E-state index in [2.05, 4.69) is 53.3 Å². The Bertz CT molecular complexity index is 518. The van der Waals surface area contributed by atoms with Crippen LogP contribution in [0.4, 0.5) is 22.7 Å². The number of anilines is 4. The molecular formula is C15H20N4. The molecule has 0 spiro atoms. The van der Waals surface area contributed by atoms with Crippen molar-refractivity contribution in [1.82, 2.24) is 4.98 Å². The number of benzene rings is 1. The molecule has 0 saturated heterocycles. The Hall–Kier alpha value is -2.23. The van der Waals surface area contributed by atoms with Crippen molar-refractivity contribution in [3.05, 3.63) is 42.7 Å². The van der Waals surface area contributed by atoms with Crippen LogP contribution in [0.15, 0.2) is 42.7 Å². The van der Waals surface area contributed by atoms with E-state index in [4.69, 9.17) is 5.73 Å². The molecule has 0 unspecified atom stereocenters. The maximum absolute atomic E-state index is 5.70. The van der Waals surface area contributed by atoms with Gasteiger partial charge in [-0.1, -0.05) is 0 Å². The minimum atomic E-state index is 0.657. The molecule has 4 nitrogen and oxygen atoms in total. The molecule has 0 aliphatic rings. The third-order valence-electron chi connectivity index (χ3n) is 3.04. The van der Waals surface area contributed by atoms with E-state index in [1.807, 2.05) is 6.07 Å². The van der Waals surface area contributed by atoms with E-state index < -0.39 is 0 Å². The van der Waals surface area contributed by atoms with Gasteiger partial charge in [0.25, 0.3) is 0 Å². The Balaban J connectivity index is 2.10. The van der Waals surface area contributed by atoms with Crippen molar-refractivity contribution in [3.63, 3.8) is 0 Å². The molecule has 0 atom stereocenters. The summed E-state index contributed by atoms with van der Waals surface area (Å²) < 4.78 is 0. The third-order valence-corrected chi connectivity index (χ3v) is 3.04. The lowest BCUT2D eigenvalue weighted by molar-refractivity contribution is 0.866. The van der Waals surface area contributed by atoms with E-state index in [0.717, 1.165) is 24.5 Å². The predicted molar refractivity (Wildman–Crippen MR) is 81.9 cm³/mol. The Morgan fingerprint density at radius 1 is 1.05 bits per heavy atom. The SMILES string of the molecule is CCN(CC)c1ccc(Nc2cncc(N)c2)cc1. The van der Waals surface area contributed by atoms with Gasteiger partial charge in [-0.25, -0.2) is 0 Å². The zero-order valence-corrected chi connectivity index (χ0v) is 11.4. The van der Waals surface area contributed by atoms with E-state index in [1.54, 1.807) is 12.4 Å². The van der Waals surface area contributed by atoms with Gasteiger partial charge in [-0.3, -0.25) is 4.98 Å². The number of nitrogens with two attached hydrogens (primary N) is 1. The molecule has 0 fully saturated rings. The maximum Gasteiger partial charge on any atom is 0.0591 e. The van der Waals surface area contributed by atoms with E-state index in [1.165, 1.54) is 5.69 Å². The summed E-state index contributed by atoms with van der Waals surface area (Å²) in [7, 11) is 0. The highest BCUT2D eigenvalue weighted by Crippen LogP contribution is 2.21. The number of hydrogen-bond donors (Lipinski definition) is 2. The van der Waals surface area contributed by atoms with Crippen LogP contribution in [0.5, 0.6) is 0 Å². The second-order valence-corrected chi connectivity index (χ2v) is 4.35. The van der Waals surface area contributed by atoms with Crippen molar-refractivity contribution in [2.75, 3.05) is 29.0 Å². The first kappa shape index (κ1) is 13.2. The average molecular weight is 256 g/mol. The number of nitrogens with zero attached hydrogens (tertiary/aromatic N) is 2. The minimum absolute atomic E-state index is 0.657. The highest BCUT2D eigenvalue weighted by atomic mass is 15.1. The Morgan fingerprint density at radius 2 is 1.74 bits per heavy atom. The van der Waals surface area contributed by atoms with Gasteiger partial charge in [0.2, 0.25) is 0 Å². The molecule has 4 heteroatoms. The van der Waals surface area contributed by atoms with Crippen LogP contribution in [0.1, 0.15) is 13.8 Å². The van der Waals surface area contributed by atoms with E-state index >= 15 is 0 Å². The molecule has 1 aromatic carbocycles. The summed E-state index contributed by atoms with van der Waals surface area (Å²) in [6.45, 7) is 6.35. The zero-order valence-electron chi connectivity index (χ0n) is 11.4. The lowest BCUT2D eigenvalue weighted by atomic mass is 10.2. The van der Waals surface area contributed by atoms with Crippen LogP contribution < -0.4 is 16.0 Å². The van der Waals surface area contributed by atoms with Crippen LogP contribution in [0.2, 0.25) is 0 Å². The summed E-state index contributed by atoms with van der Waals surface area (Å²) in [5.41, 5.74) is 9.53. The van der Waals surface area contributed by atoms with Gasteiger partial charge in [0.05, 0.1) is 17.6 Å². The Kier molecular flexibility index (Phi) is 4.23. The largest absolute Gasteiger partial charge is 0.397 e. The molecule has 1 heterocycles. The lowest BCUT2D eigenvalue weighted by Gasteiger charge is -2.21. The number of aromatic nitrogens is 1. The fourth-order valence-electron chi connectivity index (χ4n) is 2.04. The molecule has 100 valence electrons. The normalized spacial score (nSPS) is 10.2. The highest BCUT2D eigenvalue weighted by molar-refractivity contribution is 5.64. The quantitative estimate of drug-likeness (QED) is 0.862. The van der Waals surface area contributed by atoms with Gasteiger partial charge < -0.3 is 16.0 Å². The molecule has 19 heavy (non-hydrogen) atoms. The maximum atomic E-state index is 5.70. The molecule has 0 aliphatic heterocycles. The molecular weight excluding hydrogens is 236 g/mol. The summed E-state index contributed by atoms with van der Waals surface area (Å²) in [6, 6.07) is 10.2. The first-order valence-electron chi connectivity index (χ1n) is 6.55. The number of nitrogen functional groups attached to an aromatic ring is 1. The van der Waals surface area contributed by atoms with Gasteiger partial charge in [0, 0.05) is 30.7 Å². The van der Waals surface area contributed by atoms with Crippen LogP contribution in [0.25, 0.3) is 0 Å². The topological polar surface area (TPSA) is 54.2 Å². The number of hydrogen-bond acceptors (Lipinski definition) is 4. The monoisotopic (exact) mass is 256 g/mol. The van der Waals surface area contributed by atoms with Crippen molar-refractivity contribution >= 4 is 22.7 Å². The summed E-state index contributed by atoms with van der Waals surface area (Å²) >= 11 is 0. The number of rotatable bonds is 5. The van der Waals surface area contributed by atoms with Crippen molar-refractivity contribution in [2.24, 2.45) is 0 Å². The Morgan fingerprint density at radius 3 is 2.32 bits per heavy atom. The lowest BCUT2D eigenvalue weighted by Crippen LogP contribution is -2.21. The summed E-state index contributed by atoms with van der Waals surface area (Å²) in [5, 5.41) is 3.29. The molecule has 0 radical (unpaired) electrons. The first-order valence-corrected chi connectivity index (χ1v) is 6.55. The molecule has 0 saturated carbocycles. The molecule has 0 bridgehead atoms. The van der Waals surface area contributed by atoms with Gasteiger partial charge in [0.1, 0.15) is 0 Å². The van der Waals surface area contributed by atoms with E-state index in [9.17, 15) is 0 Å². The average Bonchev–Trinajstić information content (AvgIpc) is 2.42. The van der Waals surface area contributed by atoms with Crippen LogP contribution in [-0.2, 0) is 0 Å². The fraction of sp³-hybridized carbons (Fsp3) is 0.267. The fourth-order valence-corrected chi connectivity index (χ4v) is 2.04. The van der Waals surface area contributed by atoms with E-state index in [0.29, 0.717) is 5.69 Å². The van der Waals surface area contributed by atoms with Crippen LogP contribution in [0, 0.1) is 0 Å². The molecule has 3 N–H and O–H groups in total. The van der Waals surface area contributed by atoms with Crippen LogP contribution >= 0.6 is 0 Å². The number of pyridine rings is 1.